The smallest absolute Gasteiger partial charge is 0.324 e. The number of carboxylic acid groups (broad SMARTS) is 1. The van der Waals surface area contributed by atoms with E-state index in [4.69, 9.17) is 0 Å². The van der Waals surface area contributed by atoms with Gasteiger partial charge in [0, 0.05) is 6.54 Å². The molecular weight excluding hydrogens is 238 g/mol. The van der Waals surface area contributed by atoms with E-state index < -0.39 is 11.5 Å². The van der Waals surface area contributed by atoms with Crippen LogP contribution < -0.4 is 0 Å². The Morgan fingerprint density at radius 1 is 1.37 bits per heavy atom. The van der Waals surface area contributed by atoms with Crippen LogP contribution in [0.1, 0.15) is 65.2 Å². The highest BCUT2D eigenvalue weighted by Crippen LogP contribution is 2.37. The molecule has 0 spiro atoms. The highest BCUT2D eigenvalue weighted by atomic mass is 16.4. The number of hydrogen-bond donors (Lipinski definition) is 1. The largest absolute Gasteiger partial charge is 0.480 e. The van der Waals surface area contributed by atoms with E-state index in [1.165, 1.54) is 25.7 Å². The first-order valence-electron chi connectivity index (χ1n) is 8.07. The number of aliphatic carboxylic acids is 1. The van der Waals surface area contributed by atoms with Gasteiger partial charge >= 0.3 is 5.97 Å². The van der Waals surface area contributed by atoms with Crippen molar-refractivity contribution in [2.75, 3.05) is 13.1 Å². The van der Waals surface area contributed by atoms with Crippen molar-refractivity contribution in [2.45, 2.75) is 70.8 Å². The molecule has 2 aliphatic rings. The van der Waals surface area contributed by atoms with E-state index in [0.717, 1.165) is 50.6 Å². The van der Waals surface area contributed by atoms with Crippen LogP contribution in [0.5, 0.6) is 0 Å². The first-order chi connectivity index (χ1) is 9.08. The monoisotopic (exact) mass is 267 g/mol. The van der Waals surface area contributed by atoms with Crippen molar-refractivity contribution in [1.29, 1.82) is 0 Å². The van der Waals surface area contributed by atoms with Gasteiger partial charge in [-0.25, -0.2) is 0 Å². The minimum absolute atomic E-state index is 0.546. The first-order valence-corrected chi connectivity index (χ1v) is 8.07. The minimum Gasteiger partial charge on any atom is -0.480 e. The van der Waals surface area contributed by atoms with Crippen molar-refractivity contribution < 1.29 is 9.90 Å². The summed E-state index contributed by atoms with van der Waals surface area (Å²) in [5.74, 6) is 0.958. The molecule has 2 rings (SSSR count). The van der Waals surface area contributed by atoms with Crippen LogP contribution in [0.15, 0.2) is 0 Å². The van der Waals surface area contributed by atoms with Gasteiger partial charge in [0.25, 0.3) is 0 Å². The summed E-state index contributed by atoms with van der Waals surface area (Å²) in [4.78, 5) is 14.1. The minimum atomic E-state index is -0.587. The Kier molecular flexibility index (Phi) is 4.88. The highest BCUT2D eigenvalue weighted by molar-refractivity contribution is 5.79. The van der Waals surface area contributed by atoms with Gasteiger partial charge in [0.2, 0.25) is 0 Å². The van der Waals surface area contributed by atoms with Crippen molar-refractivity contribution in [3.05, 3.63) is 0 Å². The Hall–Kier alpha value is -0.570. The lowest BCUT2D eigenvalue weighted by molar-refractivity contribution is -0.150. The van der Waals surface area contributed by atoms with E-state index in [1.54, 1.807) is 0 Å². The number of likely N-dealkylation sites (tertiary alicyclic amines) is 1. The molecule has 0 radical (unpaired) electrons. The van der Waals surface area contributed by atoms with Gasteiger partial charge in [0.1, 0.15) is 5.54 Å². The lowest BCUT2D eigenvalue weighted by atomic mass is 9.81. The van der Waals surface area contributed by atoms with Crippen LogP contribution in [0.4, 0.5) is 0 Å². The molecule has 3 heteroatoms. The van der Waals surface area contributed by atoms with E-state index in [0.29, 0.717) is 0 Å². The zero-order valence-electron chi connectivity index (χ0n) is 12.5. The molecule has 3 unspecified atom stereocenters. The molecule has 1 aliphatic carbocycles. The molecule has 0 amide bonds. The van der Waals surface area contributed by atoms with Gasteiger partial charge in [0.15, 0.2) is 0 Å². The maximum absolute atomic E-state index is 11.8. The Morgan fingerprint density at radius 2 is 2.16 bits per heavy atom. The molecule has 19 heavy (non-hydrogen) atoms. The van der Waals surface area contributed by atoms with E-state index in [2.05, 4.69) is 18.7 Å². The number of rotatable bonds is 5. The van der Waals surface area contributed by atoms with Gasteiger partial charge < -0.3 is 5.11 Å². The van der Waals surface area contributed by atoms with E-state index >= 15 is 0 Å². The lowest BCUT2D eigenvalue weighted by Crippen LogP contribution is -2.52. The summed E-state index contributed by atoms with van der Waals surface area (Å²) in [6, 6.07) is 0. The fourth-order valence-corrected chi connectivity index (χ4v) is 4.28. The maximum Gasteiger partial charge on any atom is 0.324 e. The van der Waals surface area contributed by atoms with Crippen LogP contribution in [-0.2, 0) is 4.79 Å². The molecule has 1 aliphatic heterocycles. The van der Waals surface area contributed by atoms with Crippen LogP contribution in [0.2, 0.25) is 0 Å². The van der Waals surface area contributed by atoms with Gasteiger partial charge in [-0.05, 0) is 50.5 Å². The molecule has 3 atom stereocenters. The Morgan fingerprint density at radius 3 is 2.79 bits per heavy atom. The molecule has 1 N–H and O–H groups in total. The molecule has 1 saturated heterocycles. The summed E-state index contributed by atoms with van der Waals surface area (Å²) in [6.07, 6.45) is 8.94. The van der Waals surface area contributed by atoms with Crippen LogP contribution in [0.3, 0.4) is 0 Å². The van der Waals surface area contributed by atoms with Crippen LogP contribution >= 0.6 is 0 Å². The van der Waals surface area contributed by atoms with Crippen molar-refractivity contribution in [3.63, 3.8) is 0 Å². The predicted molar refractivity (Wildman–Crippen MR) is 77.2 cm³/mol. The zero-order valence-corrected chi connectivity index (χ0v) is 12.5. The third kappa shape index (κ3) is 3.13. The molecule has 110 valence electrons. The average Bonchev–Trinajstić information content (AvgIpc) is 2.74. The number of carboxylic acids is 1. The van der Waals surface area contributed by atoms with Gasteiger partial charge in [-0.1, -0.05) is 33.1 Å². The quantitative estimate of drug-likeness (QED) is 0.828. The molecule has 3 nitrogen and oxygen atoms in total. The topological polar surface area (TPSA) is 40.5 Å². The molecule has 1 heterocycles. The first kappa shape index (κ1) is 14.8. The molecule has 2 fully saturated rings. The Bertz CT molecular complexity index is 318. The van der Waals surface area contributed by atoms with Crippen molar-refractivity contribution in [3.8, 4) is 0 Å². The number of nitrogens with zero attached hydrogens (tertiary/aromatic N) is 1. The molecule has 0 aromatic rings. The fourth-order valence-electron chi connectivity index (χ4n) is 4.28. The fraction of sp³-hybridized carbons (Fsp3) is 0.938. The summed E-state index contributed by atoms with van der Waals surface area (Å²) in [7, 11) is 0. The second kappa shape index (κ2) is 6.25. The Labute approximate surface area is 117 Å². The van der Waals surface area contributed by atoms with Crippen LogP contribution in [0.25, 0.3) is 0 Å². The van der Waals surface area contributed by atoms with E-state index in [-0.39, 0.29) is 0 Å². The van der Waals surface area contributed by atoms with Gasteiger partial charge in [0.05, 0.1) is 0 Å². The lowest BCUT2D eigenvalue weighted by Gasteiger charge is -2.38. The third-order valence-electron chi connectivity index (χ3n) is 5.21. The highest BCUT2D eigenvalue weighted by Gasteiger charge is 2.47. The second-order valence-electron chi connectivity index (χ2n) is 6.77. The summed E-state index contributed by atoms with van der Waals surface area (Å²) in [5.41, 5.74) is -0.546. The number of hydrogen-bond acceptors (Lipinski definition) is 2. The third-order valence-corrected chi connectivity index (χ3v) is 5.21. The molecule has 0 bridgehead atoms. The average molecular weight is 267 g/mol. The zero-order chi connectivity index (χ0) is 13.9. The normalized spacial score (nSPS) is 36.5. The molecule has 0 aromatic heterocycles. The predicted octanol–water partition coefficient (Wildman–Crippen LogP) is 3.53. The van der Waals surface area contributed by atoms with Gasteiger partial charge in [-0.2, -0.15) is 0 Å². The standard InChI is InChI=1S/C16H29NO2/c1-3-8-16(15(18)19)9-5-10-17(16)12-14-7-4-6-13(2)11-14/h13-14H,3-12H2,1-2H3,(H,18,19). The molecular formula is C16H29NO2. The van der Waals surface area contributed by atoms with Crippen molar-refractivity contribution >= 4 is 5.97 Å². The van der Waals surface area contributed by atoms with Crippen molar-refractivity contribution in [1.82, 2.24) is 4.90 Å². The van der Waals surface area contributed by atoms with E-state index in [9.17, 15) is 9.90 Å². The van der Waals surface area contributed by atoms with Gasteiger partial charge in [-0.15, -0.1) is 0 Å². The number of carbonyl (C=O) groups is 1. The molecule has 1 saturated carbocycles. The SMILES string of the molecule is CCCC1(C(=O)O)CCCN1CC1CCCC(C)C1. The van der Waals surface area contributed by atoms with Crippen LogP contribution in [0, 0.1) is 11.8 Å². The summed E-state index contributed by atoms with van der Waals surface area (Å²) in [6.45, 7) is 6.43. The Balaban J connectivity index is 2.02. The summed E-state index contributed by atoms with van der Waals surface area (Å²) in [5, 5.41) is 9.71. The maximum atomic E-state index is 11.8. The summed E-state index contributed by atoms with van der Waals surface area (Å²) < 4.78 is 0. The van der Waals surface area contributed by atoms with Gasteiger partial charge in [-0.3, -0.25) is 9.69 Å². The molecule has 0 aromatic carbocycles. The summed E-state index contributed by atoms with van der Waals surface area (Å²) >= 11 is 0. The van der Waals surface area contributed by atoms with Crippen LogP contribution in [-0.4, -0.2) is 34.6 Å². The second-order valence-corrected chi connectivity index (χ2v) is 6.77. The van der Waals surface area contributed by atoms with E-state index in [1.807, 2.05) is 0 Å². The van der Waals surface area contributed by atoms with Crippen molar-refractivity contribution in [2.24, 2.45) is 11.8 Å².